The molecule has 0 N–H and O–H groups in total. The number of rotatable bonds is 5. The third-order valence-corrected chi connectivity index (χ3v) is 4.11. The van der Waals surface area contributed by atoms with E-state index in [0.29, 0.717) is 16.1 Å². The number of hydrogen-bond donors (Lipinski definition) is 0. The van der Waals surface area contributed by atoms with E-state index in [1.807, 2.05) is 12.1 Å². The van der Waals surface area contributed by atoms with Gasteiger partial charge in [-0.1, -0.05) is 30.7 Å². The van der Waals surface area contributed by atoms with Crippen molar-refractivity contribution in [2.24, 2.45) is 0 Å². The second-order valence-electron chi connectivity index (χ2n) is 4.29. The quantitative estimate of drug-likeness (QED) is 0.570. The van der Waals surface area contributed by atoms with Crippen molar-refractivity contribution in [3.63, 3.8) is 0 Å². The zero-order valence-corrected chi connectivity index (χ0v) is 12.6. The summed E-state index contributed by atoms with van der Waals surface area (Å²) >= 11 is 7.69. The molecule has 0 saturated carbocycles. The van der Waals surface area contributed by atoms with Crippen LogP contribution in [0.2, 0.25) is 5.02 Å². The molecular weight excluding hydrogens is 295 g/mol. The van der Waals surface area contributed by atoms with Gasteiger partial charge in [-0.3, -0.25) is 4.79 Å². The van der Waals surface area contributed by atoms with Gasteiger partial charge in [-0.15, -0.1) is 11.8 Å². The number of Topliss-reactive ketones (excluding diaryl/α,β-unsaturated/α-hetero) is 1. The van der Waals surface area contributed by atoms with Gasteiger partial charge in [-0.25, -0.2) is 4.39 Å². The topological polar surface area (TPSA) is 17.1 Å². The van der Waals surface area contributed by atoms with E-state index in [1.165, 1.54) is 18.2 Å². The van der Waals surface area contributed by atoms with Crippen molar-refractivity contribution in [3.05, 3.63) is 64.4 Å². The highest BCUT2D eigenvalue weighted by molar-refractivity contribution is 7.99. The van der Waals surface area contributed by atoms with Gasteiger partial charge in [-0.2, -0.15) is 0 Å². The van der Waals surface area contributed by atoms with Crippen LogP contribution >= 0.6 is 23.4 Å². The summed E-state index contributed by atoms with van der Waals surface area (Å²) < 4.78 is 13.2. The molecule has 0 radical (unpaired) electrons. The lowest BCUT2D eigenvalue weighted by atomic mass is 10.0. The van der Waals surface area contributed by atoms with Gasteiger partial charge in [0.2, 0.25) is 0 Å². The average Bonchev–Trinajstić information content (AvgIpc) is 2.44. The van der Waals surface area contributed by atoms with Crippen molar-refractivity contribution in [3.8, 4) is 0 Å². The van der Waals surface area contributed by atoms with Crippen molar-refractivity contribution in [2.75, 3.05) is 5.75 Å². The summed E-state index contributed by atoms with van der Waals surface area (Å²) in [6.45, 7) is 2.08. The Bertz CT molecular complexity index is 610. The molecule has 0 aliphatic carbocycles. The maximum atomic E-state index is 13.2. The molecule has 0 unspecified atom stereocenters. The summed E-state index contributed by atoms with van der Waals surface area (Å²) in [5.41, 5.74) is 1.13. The van der Waals surface area contributed by atoms with Gasteiger partial charge < -0.3 is 0 Å². The van der Waals surface area contributed by atoms with Gasteiger partial charge in [0, 0.05) is 21.9 Å². The summed E-state index contributed by atoms with van der Waals surface area (Å²) in [7, 11) is 0. The smallest absolute Gasteiger partial charge is 0.167 e. The van der Waals surface area contributed by atoms with Crippen molar-refractivity contribution in [1.82, 2.24) is 0 Å². The van der Waals surface area contributed by atoms with Crippen LogP contribution < -0.4 is 0 Å². The van der Waals surface area contributed by atoms with Crippen LogP contribution in [0.1, 0.15) is 22.8 Å². The molecule has 0 aliphatic heterocycles. The maximum Gasteiger partial charge on any atom is 0.167 e. The van der Waals surface area contributed by atoms with E-state index in [1.54, 1.807) is 23.9 Å². The van der Waals surface area contributed by atoms with E-state index < -0.39 is 0 Å². The van der Waals surface area contributed by atoms with E-state index in [0.717, 1.165) is 10.6 Å². The van der Waals surface area contributed by atoms with Crippen LogP contribution in [0.15, 0.2) is 47.4 Å². The Kier molecular flexibility index (Phi) is 5.21. The summed E-state index contributed by atoms with van der Waals surface area (Å²) in [4.78, 5) is 13.3. The average molecular weight is 309 g/mol. The minimum atomic E-state index is -0.383. The van der Waals surface area contributed by atoms with Crippen LogP contribution in [0, 0.1) is 5.82 Å². The number of halogens is 2. The summed E-state index contributed by atoms with van der Waals surface area (Å²) in [6.07, 6.45) is 0.108. The van der Waals surface area contributed by atoms with Crippen molar-refractivity contribution in [1.29, 1.82) is 0 Å². The number of thioether (sulfide) groups is 1. The molecule has 0 heterocycles. The van der Waals surface area contributed by atoms with Crippen LogP contribution in [0.4, 0.5) is 4.39 Å². The van der Waals surface area contributed by atoms with Crippen molar-refractivity contribution >= 4 is 29.1 Å². The fourth-order valence-electron chi connectivity index (χ4n) is 1.86. The van der Waals surface area contributed by atoms with Crippen molar-refractivity contribution < 1.29 is 9.18 Å². The lowest BCUT2D eigenvalue weighted by Crippen LogP contribution is -2.04. The van der Waals surface area contributed by atoms with E-state index >= 15 is 0 Å². The van der Waals surface area contributed by atoms with E-state index in [4.69, 9.17) is 11.6 Å². The maximum absolute atomic E-state index is 13.2. The van der Waals surface area contributed by atoms with Crippen LogP contribution in [0.25, 0.3) is 0 Å². The highest BCUT2D eigenvalue weighted by Gasteiger charge is 2.10. The number of carbonyl (C=O) groups is 1. The van der Waals surface area contributed by atoms with Crippen LogP contribution in [-0.4, -0.2) is 11.5 Å². The lowest BCUT2D eigenvalue weighted by molar-refractivity contribution is 0.0993. The molecule has 0 aliphatic rings. The van der Waals surface area contributed by atoms with Gasteiger partial charge in [0.25, 0.3) is 0 Å². The lowest BCUT2D eigenvalue weighted by Gasteiger charge is -2.05. The molecule has 0 bridgehead atoms. The molecule has 0 aromatic heterocycles. The minimum Gasteiger partial charge on any atom is -0.294 e. The molecule has 2 aromatic carbocycles. The first-order chi connectivity index (χ1) is 9.60. The third-order valence-electron chi connectivity index (χ3n) is 2.85. The van der Waals surface area contributed by atoms with E-state index in [2.05, 4.69) is 6.92 Å². The standard InChI is InChI=1S/C16H14ClFOS/c1-2-20-14-6-3-11(4-7-14)16(19)10-12-9-13(18)5-8-15(12)17/h3-9H,2,10H2,1H3. The minimum absolute atomic E-state index is 0.0643. The summed E-state index contributed by atoms with van der Waals surface area (Å²) in [5.74, 6) is 0.545. The first-order valence-corrected chi connectivity index (χ1v) is 7.66. The second-order valence-corrected chi connectivity index (χ2v) is 6.04. The molecule has 0 fully saturated rings. The second kappa shape index (κ2) is 6.91. The Balaban J connectivity index is 2.13. The Morgan fingerprint density at radius 3 is 2.55 bits per heavy atom. The van der Waals surface area contributed by atoms with Crippen LogP contribution in [0.3, 0.4) is 0 Å². The van der Waals surface area contributed by atoms with Crippen molar-refractivity contribution in [2.45, 2.75) is 18.2 Å². The highest BCUT2D eigenvalue weighted by atomic mass is 35.5. The fraction of sp³-hybridized carbons (Fsp3) is 0.188. The molecule has 20 heavy (non-hydrogen) atoms. The van der Waals surface area contributed by atoms with Crippen LogP contribution in [-0.2, 0) is 6.42 Å². The summed E-state index contributed by atoms with van der Waals surface area (Å²) in [5, 5.41) is 0.415. The Labute approximate surface area is 127 Å². The Hall–Kier alpha value is -1.32. The first kappa shape index (κ1) is 15.1. The molecule has 0 amide bonds. The fourth-order valence-corrected chi connectivity index (χ4v) is 2.70. The molecule has 2 aromatic rings. The molecule has 2 rings (SSSR count). The number of carbonyl (C=O) groups excluding carboxylic acids is 1. The van der Waals surface area contributed by atoms with E-state index in [9.17, 15) is 9.18 Å². The van der Waals surface area contributed by atoms with Crippen LogP contribution in [0.5, 0.6) is 0 Å². The largest absolute Gasteiger partial charge is 0.294 e. The summed E-state index contributed by atoms with van der Waals surface area (Å²) in [6, 6.07) is 11.5. The molecule has 0 atom stereocenters. The number of hydrogen-bond acceptors (Lipinski definition) is 2. The van der Waals surface area contributed by atoms with Gasteiger partial charge in [0.1, 0.15) is 5.82 Å². The van der Waals surface area contributed by atoms with Gasteiger partial charge in [-0.05, 0) is 41.6 Å². The third kappa shape index (κ3) is 3.84. The number of benzene rings is 2. The van der Waals surface area contributed by atoms with Gasteiger partial charge >= 0.3 is 0 Å². The predicted octanol–water partition coefficient (Wildman–Crippen LogP) is 5.02. The Morgan fingerprint density at radius 1 is 1.20 bits per heavy atom. The highest BCUT2D eigenvalue weighted by Crippen LogP contribution is 2.21. The monoisotopic (exact) mass is 308 g/mol. The van der Waals surface area contributed by atoms with Gasteiger partial charge in [0.15, 0.2) is 5.78 Å². The molecule has 0 saturated heterocycles. The molecule has 4 heteroatoms. The van der Waals surface area contributed by atoms with E-state index in [-0.39, 0.29) is 18.0 Å². The molecule has 1 nitrogen and oxygen atoms in total. The molecule has 104 valence electrons. The molecular formula is C16H14ClFOS. The number of ketones is 1. The Morgan fingerprint density at radius 2 is 1.90 bits per heavy atom. The normalized spacial score (nSPS) is 10.6. The predicted molar refractivity (Wildman–Crippen MR) is 82.3 cm³/mol. The molecule has 0 spiro atoms. The SMILES string of the molecule is CCSc1ccc(C(=O)Cc2cc(F)ccc2Cl)cc1. The first-order valence-electron chi connectivity index (χ1n) is 6.30. The zero-order chi connectivity index (χ0) is 14.5. The zero-order valence-electron chi connectivity index (χ0n) is 11.0. The van der Waals surface area contributed by atoms with Gasteiger partial charge in [0.05, 0.1) is 0 Å².